The highest BCUT2D eigenvalue weighted by Crippen LogP contribution is 2.22. The molecule has 0 aliphatic heterocycles. The Morgan fingerprint density at radius 2 is 2.20 bits per heavy atom. The molecule has 6 heteroatoms. The zero-order chi connectivity index (χ0) is 15.0. The van der Waals surface area contributed by atoms with Crippen LogP contribution < -0.4 is 11.1 Å². The van der Waals surface area contributed by atoms with Crippen molar-refractivity contribution < 1.29 is 5.21 Å². The van der Waals surface area contributed by atoms with Crippen molar-refractivity contribution in [2.75, 3.05) is 13.1 Å². The summed E-state index contributed by atoms with van der Waals surface area (Å²) in [6.45, 7) is 5.92. The van der Waals surface area contributed by atoms with E-state index in [2.05, 4.69) is 15.6 Å². The molecular formula is C14H27N5O. The van der Waals surface area contributed by atoms with Gasteiger partial charge in [0.2, 0.25) is 0 Å². The van der Waals surface area contributed by atoms with Crippen LogP contribution in [0, 0.1) is 5.41 Å². The predicted molar refractivity (Wildman–Crippen MR) is 80.8 cm³/mol. The number of hydrogen-bond acceptors (Lipinski definition) is 4. The average molecular weight is 281 g/mol. The summed E-state index contributed by atoms with van der Waals surface area (Å²) < 4.78 is 1.82. The number of nitrogens with one attached hydrogen (secondary N) is 1. The van der Waals surface area contributed by atoms with Gasteiger partial charge < -0.3 is 16.3 Å². The van der Waals surface area contributed by atoms with Crippen molar-refractivity contribution in [2.24, 2.45) is 23.4 Å². The largest absolute Gasteiger partial charge is 0.409 e. The van der Waals surface area contributed by atoms with Crippen LogP contribution in [0.25, 0.3) is 0 Å². The van der Waals surface area contributed by atoms with Crippen LogP contribution in [-0.2, 0) is 13.5 Å². The van der Waals surface area contributed by atoms with Crippen LogP contribution in [0.4, 0.5) is 0 Å². The van der Waals surface area contributed by atoms with Crippen molar-refractivity contribution >= 4 is 5.84 Å². The smallest absolute Gasteiger partial charge is 0.144 e. The molecule has 6 nitrogen and oxygen atoms in total. The summed E-state index contributed by atoms with van der Waals surface area (Å²) in [4.78, 5) is 0. The monoisotopic (exact) mass is 281 g/mol. The molecule has 0 bridgehead atoms. The third-order valence-electron chi connectivity index (χ3n) is 3.53. The average Bonchev–Trinajstić information content (AvgIpc) is 2.82. The van der Waals surface area contributed by atoms with E-state index in [0.29, 0.717) is 5.84 Å². The van der Waals surface area contributed by atoms with Gasteiger partial charge in [0, 0.05) is 31.6 Å². The number of amidine groups is 1. The minimum Gasteiger partial charge on any atom is -0.409 e. The second-order valence-corrected chi connectivity index (χ2v) is 5.81. The molecule has 4 N–H and O–H groups in total. The molecule has 0 atom stereocenters. The van der Waals surface area contributed by atoms with Crippen molar-refractivity contribution in [3.05, 3.63) is 18.0 Å². The molecule has 1 rings (SSSR count). The lowest BCUT2D eigenvalue weighted by molar-refractivity contribution is 0.304. The first-order chi connectivity index (χ1) is 9.45. The van der Waals surface area contributed by atoms with E-state index in [1.54, 1.807) is 0 Å². The summed E-state index contributed by atoms with van der Waals surface area (Å²) >= 11 is 0. The van der Waals surface area contributed by atoms with E-state index in [9.17, 15) is 0 Å². The van der Waals surface area contributed by atoms with Crippen molar-refractivity contribution in [3.8, 4) is 0 Å². The maximum absolute atomic E-state index is 8.70. The molecule has 0 saturated carbocycles. The number of oxime groups is 1. The highest BCUT2D eigenvalue weighted by Gasteiger charge is 2.22. The van der Waals surface area contributed by atoms with Crippen LogP contribution >= 0.6 is 0 Å². The zero-order valence-corrected chi connectivity index (χ0v) is 12.8. The first kappa shape index (κ1) is 16.5. The summed E-state index contributed by atoms with van der Waals surface area (Å²) in [6, 6.07) is 2.04. The third-order valence-corrected chi connectivity index (χ3v) is 3.53. The molecule has 0 aromatic carbocycles. The minimum atomic E-state index is -0.233. The van der Waals surface area contributed by atoms with Gasteiger partial charge in [0.1, 0.15) is 5.84 Å². The summed E-state index contributed by atoms with van der Waals surface area (Å²) in [7, 11) is 1.93. The van der Waals surface area contributed by atoms with Gasteiger partial charge in [-0.1, -0.05) is 25.4 Å². The molecule has 0 aliphatic rings. The van der Waals surface area contributed by atoms with Crippen molar-refractivity contribution in [2.45, 2.75) is 39.5 Å². The van der Waals surface area contributed by atoms with Gasteiger partial charge in [-0.3, -0.25) is 4.68 Å². The summed E-state index contributed by atoms with van der Waals surface area (Å²) in [5, 5.41) is 19.5. The topological polar surface area (TPSA) is 88.5 Å². The molecule has 0 amide bonds. The molecular weight excluding hydrogens is 254 g/mol. The van der Waals surface area contributed by atoms with Gasteiger partial charge >= 0.3 is 0 Å². The Labute approximate surface area is 121 Å². The van der Waals surface area contributed by atoms with Gasteiger partial charge in [-0.2, -0.15) is 5.10 Å². The van der Waals surface area contributed by atoms with E-state index in [4.69, 9.17) is 10.9 Å². The Morgan fingerprint density at radius 1 is 1.45 bits per heavy atom. The molecule has 0 spiro atoms. The first-order valence-corrected chi connectivity index (χ1v) is 7.13. The first-order valence-electron chi connectivity index (χ1n) is 7.13. The molecule has 20 heavy (non-hydrogen) atoms. The molecule has 0 fully saturated rings. The number of rotatable bonds is 9. The van der Waals surface area contributed by atoms with Gasteiger partial charge in [0.25, 0.3) is 0 Å². The molecule has 1 aromatic rings. The van der Waals surface area contributed by atoms with E-state index in [1.165, 1.54) is 0 Å². The Bertz CT molecular complexity index is 425. The quantitative estimate of drug-likeness (QED) is 0.210. The van der Waals surface area contributed by atoms with Gasteiger partial charge in [-0.15, -0.1) is 0 Å². The molecule has 0 radical (unpaired) electrons. The second-order valence-electron chi connectivity index (χ2n) is 5.81. The number of aryl methyl sites for hydroxylation is 1. The number of hydrogen-bond donors (Lipinski definition) is 3. The molecule has 1 heterocycles. The van der Waals surface area contributed by atoms with Crippen LogP contribution in [0.2, 0.25) is 0 Å². The van der Waals surface area contributed by atoms with E-state index in [-0.39, 0.29) is 5.41 Å². The Hall–Kier alpha value is -1.56. The molecule has 0 unspecified atom stereocenters. The maximum atomic E-state index is 8.70. The molecule has 114 valence electrons. The Balaban J connectivity index is 2.05. The third kappa shape index (κ3) is 5.61. The van der Waals surface area contributed by atoms with Crippen molar-refractivity contribution in [1.29, 1.82) is 0 Å². The van der Waals surface area contributed by atoms with Crippen LogP contribution in [-0.4, -0.2) is 33.9 Å². The van der Waals surface area contributed by atoms with Crippen LogP contribution in [0.15, 0.2) is 17.4 Å². The van der Waals surface area contributed by atoms with E-state index in [1.807, 2.05) is 37.8 Å². The number of nitrogens with zero attached hydrogens (tertiary/aromatic N) is 3. The fraction of sp³-hybridized carbons (Fsp3) is 0.714. The van der Waals surface area contributed by atoms with E-state index < -0.39 is 0 Å². The predicted octanol–water partition coefficient (Wildman–Crippen LogP) is 1.50. The molecule has 0 aliphatic carbocycles. The van der Waals surface area contributed by atoms with Crippen LogP contribution in [0.5, 0.6) is 0 Å². The maximum Gasteiger partial charge on any atom is 0.144 e. The summed E-state index contributed by atoms with van der Waals surface area (Å²) in [5.74, 6) is 0.306. The van der Waals surface area contributed by atoms with Gasteiger partial charge in [-0.05, 0) is 25.5 Å². The van der Waals surface area contributed by atoms with Crippen molar-refractivity contribution in [3.63, 3.8) is 0 Å². The van der Waals surface area contributed by atoms with Crippen LogP contribution in [0.3, 0.4) is 0 Å². The minimum absolute atomic E-state index is 0.233. The fourth-order valence-electron chi connectivity index (χ4n) is 2.02. The van der Waals surface area contributed by atoms with E-state index in [0.717, 1.165) is 44.5 Å². The molecule has 0 saturated heterocycles. The number of aromatic nitrogens is 2. The highest BCUT2D eigenvalue weighted by atomic mass is 16.4. The standard InChI is InChI=1S/C14H27N5O/c1-14(2,13(15)18-20)8-4-5-9-16-10-6-12-7-11-19(3)17-12/h7,11,16,20H,4-6,8-10H2,1-3H3,(H2,15,18). The highest BCUT2D eigenvalue weighted by molar-refractivity contribution is 5.85. The fourth-order valence-corrected chi connectivity index (χ4v) is 2.02. The Morgan fingerprint density at radius 3 is 2.80 bits per heavy atom. The normalized spacial score (nSPS) is 12.8. The lowest BCUT2D eigenvalue weighted by Crippen LogP contribution is -2.32. The van der Waals surface area contributed by atoms with Gasteiger partial charge in [0.05, 0.1) is 5.69 Å². The lowest BCUT2D eigenvalue weighted by Gasteiger charge is -2.22. The number of unbranched alkanes of at least 4 members (excludes halogenated alkanes) is 1. The summed E-state index contributed by atoms with van der Waals surface area (Å²) in [6.07, 6.45) is 5.98. The SMILES string of the molecule is Cn1ccc(CCNCCCCC(C)(C)/C(N)=N/O)n1. The molecule has 1 aromatic heterocycles. The van der Waals surface area contributed by atoms with Gasteiger partial charge in [0.15, 0.2) is 0 Å². The Kier molecular flexibility index (Phi) is 6.51. The summed E-state index contributed by atoms with van der Waals surface area (Å²) in [5.41, 5.74) is 6.54. The number of nitrogens with two attached hydrogens (primary N) is 1. The van der Waals surface area contributed by atoms with Crippen molar-refractivity contribution in [1.82, 2.24) is 15.1 Å². The van der Waals surface area contributed by atoms with Crippen LogP contribution in [0.1, 0.15) is 38.8 Å². The zero-order valence-electron chi connectivity index (χ0n) is 12.8. The lowest BCUT2D eigenvalue weighted by atomic mass is 9.86. The van der Waals surface area contributed by atoms with E-state index >= 15 is 0 Å². The van der Waals surface area contributed by atoms with Gasteiger partial charge in [-0.25, -0.2) is 0 Å². The second kappa shape index (κ2) is 7.89.